The highest BCUT2D eigenvalue weighted by molar-refractivity contribution is 5.93. The molecule has 2 N–H and O–H groups in total. The Labute approximate surface area is 82.9 Å². The molecule has 2 unspecified atom stereocenters. The van der Waals surface area contributed by atoms with E-state index in [0.29, 0.717) is 5.56 Å². The summed E-state index contributed by atoms with van der Waals surface area (Å²) >= 11 is 0. The van der Waals surface area contributed by atoms with Crippen molar-refractivity contribution in [1.29, 1.82) is 0 Å². The normalized spacial score (nSPS) is 14.8. The van der Waals surface area contributed by atoms with Gasteiger partial charge in [-0.1, -0.05) is 6.92 Å². The molecule has 4 heteroatoms. The zero-order chi connectivity index (χ0) is 10.6. The molecule has 78 valence electrons. The van der Waals surface area contributed by atoms with Crippen LogP contribution < -0.4 is 5.32 Å². The molecule has 0 bridgehead atoms. The quantitative estimate of drug-likeness (QED) is 0.757. The van der Waals surface area contributed by atoms with E-state index < -0.39 is 0 Å². The van der Waals surface area contributed by atoms with Crippen molar-refractivity contribution >= 4 is 5.91 Å². The zero-order valence-electron chi connectivity index (χ0n) is 8.36. The molecule has 0 radical (unpaired) electrons. The number of nitrogens with one attached hydrogen (secondary N) is 1. The molecule has 0 aliphatic carbocycles. The SMILES string of the molecule is CC(CO)C(C)NC(=O)c1ccoc1. The average Bonchev–Trinajstić information content (AvgIpc) is 2.69. The summed E-state index contributed by atoms with van der Waals surface area (Å²) < 4.78 is 4.79. The lowest BCUT2D eigenvalue weighted by Crippen LogP contribution is -2.38. The molecule has 1 amide bonds. The van der Waals surface area contributed by atoms with Crippen LogP contribution in [-0.4, -0.2) is 23.7 Å². The molecule has 0 saturated heterocycles. The van der Waals surface area contributed by atoms with E-state index in [1.54, 1.807) is 6.07 Å². The van der Waals surface area contributed by atoms with Crippen molar-refractivity contribution in [1.82, 2.24) is 5.32 Å². The summed E-state index contributed by atoms with van der Waals surface area (Å²) in [6.07, 6.45) is 2.85. The molecule has 1 rings (SSSR count). The summed E-state index contributed by atoms with van der Waals surface area (Å²) in [5.74, 6) is -0.127. The van der Waals surface area contributed by atoms with Crippen molar-refractivity contribution < 1.29 is 14.3 Å². The fraction of sp³-hybridized carbons (Fsp3) is 0.500. The number of aliphatic hydroxyl groups is 1. The smallest absolute Gasteiger partial charge is 0.254 e. The summed E-state index contributed by atoms with van der Waals surface area (Å²) in [7, 11) is 0. The van der Waals surface area contributed by atoms with Gasteiger partial charge in [-0.05, 0) is 18.9 Å². The first-order valence-corrected chi connectivity index (χ1v) is 4.59. The van der Waals surface area contributed by atoms with Crippen LogP contribution in [0.5, 0.6) is 0 Å². The van der Waals surface area contributed by atoms with Crippen molar-refractivity contribution in [2.75, 3.05) is 6.61 Å². The van der Waals surface area contributed by atoms with Crippen LogP contribution in [0.25, 0.3) is 0 Å². The van der Waals surface area contributed by atoms with Crippen LogP contribution in [-0.2, 0) is 0 Å². The van der Waals surface area contributed by atoms with Crippen molar-refractivity contribution in [3.8, 4) is 0 Å². The fourth-order valence-electron chi connectivity index (χ4n) is 0.984. The molecule has 0 saturated carbocycles. The second kappa shape index (κ2) is 4.81. The van der Waals surface area contributed by atoms with Gasteiger partial charge in [-0.15, -0.1) is 0 Å². The van der Waals surface area contributed by atoms with Crippen LogP contribution in [0.15, 0.2) is 23.0 Å². The number of hydrogen-bond acceptors (Lipinski definition) is 3. The van der Waals surface area contributed by atoms with E-state index in [1.807, 2.05) is 13.8 Å². The minimum atomic E-state index is -0.174. The molecular formula is C10H15NO3. The standard InChI is InChI=1S/C10H15NO3/c1-7(5-12)8(2)11-10(13)9-3-4-14-6-9/h3-4,6-8,12H,5H2,1-2H3,(H,11,13). The van der Waals surface area contributed by atoms with Gasteiger partial charge in [0, 0.05) is 12.6 Å². The number of aliphatic hydroxyl groups excluding tert-OH is 1. The Morgan fingerprint density at radius 1 is 1.64 bits per heavy atom. The van der Waals surface area contributed by atoms with Gasteiger partial charge in [-0.3, -0.25) is 4.79 Å². The molecule has 1 heterocycles. The maximum absolute atomic E-state index is 11.5. The van der Waals surface area contributed by atoms with Crippen molar-refractivity contribution in [2.24, 2.45) is 5.92 Å². The highest BCUT2D eigenvalue weighted by Crippen LogP contribution is 2.04. The van der Waals surface area contributed by atoms with Gasteiger partial charge in [0.2, 0.25) is 0 Å². The zero-order valence-corrected chi connectivity index (χ0v) is 8.36. The van der Waals surface area contributed by atoms with Crippen molar-refractivity contribution in [3.05, 3.63) is 24.2 Å². The summed E-state index contributed by atoms with van der Waals surface area (Å²) in [4.78, 5) is 11.5. The van der Waals surface area contributed by atoms with Crippen molar-refractivity contribution in [3.63, 3.8) is 0 Å². The topological polar surface area (TPSA) is 62.5 Å². The predicted molar refractivity (Wildman–Crippen MR) is 51.9 cm³/mol. The molecule has 0 aliphatic heterocycles. The lowest BCUT2D eigenvalue weighted by molar-refractivity contribution is 0.0915. The Hall–Kier alpha value is -1.29. The first-order valence-electron chi connectivity index (χ1n) is 4.59. The summed E-state index contributed by atoms with van der Waals surface area (Å²) in [5.41, 5.74) is 0.502. The van der Waals surface area contributed by atoms with E-state index in [0.717, 1.165) is 0 Å². The van der Waals surface area contributed by atoms with Gasteiger partial charge in [-0.2, -0.15) is 0 Å². The highest BCUT2D eigenvalue weighted by atomic mass is 16.3. The molecule has 14 heavy (non-hydrogen) atoms. The third-order valence-corrected chi connectivity index (χ3v) is 2.28. The average molecular weight is 197 g/mol. The van der Waals surface area contributed by atoms with E-state index in [9.17, 15) is 4.79 Å². The van der Waals surface area contributed by atoms with Crippen LogP contribution in [0, 0.1) is 5.92 Å². The molecule has 1 aromatic rings. The maximum atomic E-state index is 11.5. The van der Waals surface area contributed by atoms with E-state index >= 15 is 0 Å². The molecule has 0 aromatic carbocycles. The molecule has 0 fully saturated rings. The predicted octanol–water partition coefficient (Wildman–Crippen LogP) is 1.03. The Kier molecular flexibility index (Phi) is 3.71. The fourth-order valence-corrected chi connectivity index (χ4v) is 0.984. The van der Waals surface area contributed by atoms with Crippen LogP contribution in [0.1, 0.15) is 24.2 Å². The van der Waals surface area contributed by atoms with Crippen LogP contribution >= 0.6 is 0 Å². The van der Waals surface area contributed by atoms with E-state index in [-0.39, 0.29) is 24.5 Å². The number of rotatable bonds is 4. The second-order valence-electron chi connectivity index (χ2n) is 3.43. The Balaban J connectivity index is 2.49. The lowest BCUT2D eigenvalue weighted by Gasteiger charge is -2.18. The Morgan fingerprint density at radius 2 is 2.36 bits per heavy atom. The first-order chi connectivity index (χ1) is 6.65. The monoisotopic (exact) mass is 197 g/mol. The third-order valence-electron chi connectivity index (χ3n) is 2.28. The lowest BCUT2D eigenvalue weighted by atomic mass is 10.1. The number of hydrogen-bond donors (Lipinski definition) is 2. The molecule has 4 nitrogen and oxygen atoms in total. The molecular weight excluding hydrogens is 182 g/mol. The molecule has 0 aliphatic rings. The first kappa shape index (κ1) is 10.8. The summed E-state index contributed by atoms with van der Waals surface area (Å²) in [6.45, 7) is 3.80. The summed E-state index contributed by atoms with van der Waals surface area (Å²) in [5, 5.41) is 11.7. The van der Waals surface area contributed by atoms with Gasteiger partial charge < -0.3 is 14.8 Å². The van der Waals surface area contributed by atoms with E-state index in [1.165, 1.54) is 12.5 Å². The molecule has 2 atom stereocenters. The number of furan rings is 1. The highest BCUT2D eigenvalue weighted by Gasteiger charge is 2.15. The van der Waals surface area contributed by atoms with E-state index in [2.05, 4.69) is 5.32 Å². The van der Waals surface area contributed by atoms with E-state index in [4.69, 9.17) is 9.52 Å². The summed E-state index contributed by atoms with van der Waals surface area (Å²) in [6, 6.07) is 1.55. The number of carbonyl (C=O) groups is 1. The molecule has 1 aromatic heterocycles. The Bertz CT molecular complexity index is 282. The minimum absolute atomic E-state index is 0.0471. The second-order valence-corrected chi connectivity index (χ2v) is 3.43. The molecule has 0 spiro atoms. The van der Waals surface area contributed by atoms with Crippen LogP contribution in [0.2, 0.25) is 0 Å². The maximum Gasteiger partial charge on any atom is 0.254 e. The van der Waals surface area contributed by atoms with Gasteiger partial charge in [0.15, 0.2) is 0 Å². The number of carbonyl (C=O) groups excluding carboxylic acids is 1. The minimum Gasteiger partial charge on any atom is -0.472 e. The number of amides is 1. The van der Waals surface area contributed by atoms with Gasteiger partial charge in [0.1, 0.15) is 6.26 Å². The van der Waals surface area contributed by atoms with Gasteiger partial charge in [-0.25, -0.2) is 0 Å². The Morgan fingerprint density at radius 3 is 2.86 bits per heavy atom. The van der Waals surface area contributed by atoms with Gasteiger partial charge in [0.25, 0.3) is 5.91 Å². The van der Waals surface area contributed by atoms with Gasteiger partial charge in [0.05, 0.1) is 11.8 Å². The largest absolute Gasteiger partial charge is 0.472 e. The van der Waals surface area contributed by atoms with Crippen LogP contribution in [0.3, 0.4) is 0 Å². The third kappa shape index (κ3) is 2.60. The van der Waals surface area contributed by atoms with Gasteiger partial charge >= 0.3 is 0 Å². The van der Waals surface area contributed by atoms with Crippen molar-refractivity contribution in [2.45, 2.75) is 19.9 Å². The van der Waals surface area contributed by atoms with Crippen LogP contribution in [0.4, 0.5) is 0 Å².